The highest BCUT2D eigenvalue weighted by Gasteiger charge is 2.26. The van der Waals surface area contributed by atoms with Gasteiger partial charge >= 0.3 is 0 Å². The van der Waals surface area contributed by atoms with Crippen LogP contribution in [0.4, 0.5) is 0 Å². The highest BCUT2D eigenvalue weighted by molar-refractivity contribution is 5.88. The molecule has 0 spiro atoms. The summed E-state index contributed by atoms with van der Waals surface area (Å²) < 4.78 is 5.89. The van der Waals surface area contributed by atoms with Crippen molar-refractivity contribution in [2.45, 2.75) is 32.4 Å². The van der Waals surface area contributed by atoms with Crippen molar-refractivity contribution in [3.05, 3.63) is 65.1 Å². The molecule has 2 heterocycles. The Morgan fingerprint density at radius 3 is 2.34 bits per heavy atom. The average molecular weight is 436 g/mol. The lowest BCUT2D eigenvalue weighted by Gasteiger charge is -2.42. The van der Waals surface area contributed by atoms with Gasteiger partial charge in [-0.3, -0.25) is 14.6 Å². The third kappa shape index (κ3) is 5.57. The molecule has 1 fully saturated rings. The summed E-state index contributed by atoms with van der Waals surface area (Å²) in [5, 5.41) is 12.6. The highest BCUT2D eigenvalue weighted by Crippen LogP contribution is 2.26. The van der Waals surface area contributed by atoms with Gasteiger partial charge in [0.1, 0.15) is 18.5 Å². The molecule has 32 heavy (non-hydrogen) atoms. The molecule has 4 rings (SSSR count). The lowest BCUT2D eigenvalue weighted by atomic mass is 10.0. The van der Waals surface area contributed by atoms with E-state index >= 15 is 0 Å². The molecule has 0 aliphatic carbocycles. The average Bonchev–Trinajstić information content (AvgIpc) is 2.77. The Bertz CT molecular complexity index is 1090. The van der Waals surface area contributed by atoms with Gasteiger partial charge in [0.2, 0.25) is 5.56 Å². The maximum Gasteiger partial charge on any atom is 0.247 e. The topological polar surface area (TPSA) is 68.8 Å². The van der Waals surface area contributed by atoms with Crippen LogP contribution in [0.3, 0.4) is 0 Å². The number of pyridine rings is 1. The summed E-state index contributed by atoms with van der Waals surface area (Å²) in [6.45, 7) is 11.7. The monoisotopic (exact) mass is 435 g/mol. The van der Waals surface area contributed by atoms with E-state index < -0.39 is 6.10 Å². The zero-order valence-corrected chi connectivity index (χ0v) is 19.2. The Kier molecular flexibility index (Phi) is 6.65. The van der Waals surface area contributed by atoms with Crippen LogP contribution in [0, 0.1) is 0 Å². The number of ether oxygens (including phenoxy) is 1. The Morgan fingerprint density at radius 1 is 0.969 bits per heavy atom. The van der Waals surface area contributed by atoms with Crippen LogP contribution in [0.5, 0.6) is 5.75 Å². The third-order valence-electron chi connectivity index (χ3n) is 6.16. The molecular formula is C26H33N3O3. The van der Waals surface area contributed by atoms with E-state index in [0.29, 0.717) is 6.54 Å². The van der Waals surface area contributed by atoms with Gasteiger partial charge in [0.15, 0.2) is 0 Å². The molecular weight excluding hydrogens is 402 g/mol. The van der Waals surface area contributed by atoms with Crippen molar-refractivity contribution in [1.82, 2.24) is 14.8 Å². The van der Waals surface area contributed by atoms with Crippen molar-refractivity contribution in [3.63, 3.8) is 0 Å². The van der Waals surface area contributed by atoms with Crippen LogP contribution in [-0.2, 0) is 0 Å². The highest BCUT2D eigenvalue weighted by atomic mass is 16.5. The minimum absolute atomic E-state index is 0.106. The van der Waals surface area contributed by atoms with Gasteiger partial charge in [-0.25, -0.2) is 0 Å². The molecule has 1 atom stereocenters. The number of aromatic nitrogens is 1. The van der Waals surface area contributed by atoms with E-state index in [2.05, 4.69) is 41.6 Å². The maximum absolute atomic E-state index is 11.3. The van der Waals surface area contributed by atoms with Crippen LogP contribution in [-0.4, -0.2) is 70.9 Å². The van der Waals surface area contributed by atoms with Gasteiger partial charge in [0, 0.05) is 50.5 Å². The van der Waals surface area contributed by atoms with Crippen LogP contribution in [0.25, 0.3) is 21.9 Å². The number of aliphatic hydroxyl groups excluding tert-OH is 1. The van der Waals surface area contributed by atoms with E-state index in [1.807, 2.05) is 36.4 Å². The molecule has 0 saturated carbocycles. The van der Waals surface area contributed by atoms with E-state index in [-0.39, 0.29) is 17.7 Å². The molecule has 0 amide bonds. The number of hydrogen-bond donors (Lipinski definition) is 2. The van der Waals surface area contributed by atoms with Gasteiger partial charge in [-0.1, -0.05) is 18.2 Å². The molecule has 1 aromatic heterocycles. The Morgan fingerprint density at radius 2 is 1.66 bits per heavy atom. The van der Waals surface area contributed by atoms with Crippen molar-refractivity contribution in [1.29, 1.82) is 0 Å². The van der Waals surface area contributed by atoms with Crippen LogP contribution >= 0.6 is 0 Å². The molecule has 2 N–H and O–H groups in total. The molecule has 170 valence electrons. The molecule has 1 unspecified atom stereocenters. The number of fused-ring (bicyclic) bond motifs is 1. The summed E-state index contributed by atoms with van der Waals surface area (Å²) in [6.07, 6.45) is 1.21. The number of aliphatic hydroxyl groups is 1. The van der Waals surface area contributed by atoms with Gasteiger partial charge in [0.05, 0.1) is 0 Å². The lowest BCUT2D eigenvalue weighted by molar-refractivity contribution is 0.0232. The summed E-state index contributed by atoms with van der Waals surface area (Å²) in [4.78, 5) is 18.8. The molecule has 2 aromatic carbocycles. The minimum Gasteiger partial charge on any atom is -0.491 e. The second-order valence-corrected chi connectivity index (χ2v) is 9.59. The first kappa shape index (κ1) is 22.5. The molecule has 1 aliphatic rings. The van der Waals surface area contributed by atoms with Crippen molar-refractivity contribution in [2.24, 2.45) is 0 Å². The number of aromatic amines is 1. The molecule has 0 bridgehead atoms. The van der Waals surface area contributed by atoms with E-state index in [1.54, 1.807) is 6.20 Å². The molecule has 3 aromatic rings. The van der Waals surface area contributed by atoms with E-state index in [0.717, 1.165) is 53.8 Å². The first-order valence-electron chi connectivity index (χ1n) is 11.3. The summed E-state index contributed by atoms with van der Waals surface area (Å²) >= 11 is 0. The van der Waals surface area contributed by atoms with Crippen molar-refractivity contribution < 1.29 is 9.84 Å². The smallest absolute Gasteiger partial charge is 0.247 e. The molecule has 6 nitrogen and oxygen atoms in total. The fourth-order valence-corrected chi connectivity index (χ4v) is 4.23. The van der Waals surface area contributed by atoms with Gasteiger partial charge in [-0.05, 0) is 66.9 Å². The number of β-amino-alcohol motifs (C(OH)–C–C–N with tert-alkyl or cyclic N) is 1. The summed E-state index contributed by atoms with van der Waals surface area (Å²) in [5.41, 5.74) is 2.11. The number of H-pyrrole nitrogens is 1. The predicted octanol–water partition coefficient (Wildman–Crippen LogP) is 3.35. The molecule has 1 aliphatic heterocycles. The van der Waals surface area contributed by atoms with Gasteiger partial charge in [0.25, 0.3) is 0 Å². The summed E-state index contributed by atoms with van der Waals surface area (Å²) in [6, 6.07) is 15.5. The summed E-state index contributed by atoms with van der Waals surface area (Å²) in [5.74, 6) is 0.755. The zero-order valence-electron chi connectivity index (χ0n) is 19.2. The van der Waals surface area contributed by atoms with Gasteiger partial charge in [-0.2, -0.15) is 0 Å². The van der Waals surface area contributed by atoms with E-state index in [1.165, 1.54) is 6.07 Å². The SMILES string of the molecule is CC(C)(C)N1CCN(CC(O)COc2ccc3cc(-c4ccc(=O)[nH]c4)ccc3c2)CC1. The van der Waals surface area contributed by atoms with Crippen molar-refractivity contribution in [3.8, 4) is 16.9 Å². The largest absolute Gasteiger partial charge is 0.491 e. The standard InChI is InChI=1S/C26H33N3O3/c1-26(2,3)29-12-10-28(11-13-29)17-23(30)18-32-24-8-6-19-14-20(4-5-21(19)15-24)22-7-9-25(31)27-16-22/h4-9,14-16,23,30H,10-13,17-18H2,1-3H3,(H,27,31). The van der Waals surface area contributed by atoms with E-state index in [9.17, 15) is 9.90 Å². The predicted molar refractivity (Wildman–Crippen MR) is 129 cm³/mol. The third-order valence-corrected chi connectivity index (χ3v) is 6.16. The van der Waals surface area contributed by atoms with Gasteiger partial charge in [-0.15, -0.1) is 0 Å². The van der Waals surface area contributed by atoms with Crippen LogP contribution in [0.1, 0.15) is 20.8 Å². The minimum atomic E-state index is -0.519. The quantitative estimate of drug-likeness (QED) is 0.622. The first-order chi connectivity index (χ1) is 15.3. The van der Waals surface area contributed by atoms with Crippen molar-refractivity contribution >= 4 is 10.8 Å². The fraction of sp³-hybridized carbons (Fsp3) is 0.423. The molecule has 1 saturated heterocycles. The van der Waals surface area contributed by atoms with Crippen LogP contribution < -0.4 is 10.3 Å². The number of nitrogens with one attached hydrogen (secondary N) is 1. The maximum atomic E-state index is 11.3. The Hall–Kier alpha value is -2.67. The first-order valence-corrected chi connectivity index (χ1v) is 11.3. The second kappa shape index (κ2) is 9.45. The molecule has 0 radical (unpaired) electrons. The zero-order chi connectivity index (χ0) is 22.7. The Labute approximate surface area is 189 Å². The van der Waals surface area contributed by atoms with Crippen LogP contribution in [0.2, 0.25) is 0 Å². The normalized spacial score (nSPS) is 16.9. The number of benzene rings is 2. The second-order valence-electron chi connectivity index (χ2n) is 9.59. The number of rotatable bonds is 6. The van der Waals surface area contributed by atoms with Crippen LogP contribution in [0.15, 0.2) is 59.5 Å². The Balaban J connectivity index is 1.32. The fourth-order valence-electron chi connectivity index (χ4n) is 4.23. The number of nitrogens with zero attached hydrogens (tertiary/aromatic N) is 2. The van der Waals surface area contributed by atoms with Gasteiger partial charge < -0.3 is 14.8 Å². The van der Waals surface area contributed by atoms with Crippen molar-refractivity contribution in [2.75, 3.05) is 39.3 Å². The molecule has 6 heteroatoms. The summed E-state index contributed by atoms with van der Waals surface area (Å²) in [7, 11) is 0. The lowest BCUT2D eigenvalue weighted by Crippen LogP contribution is -2.54. The number of hydrogen-bond acceptors (Lipinski definition) is 5. The van der Waals surface area contributed by atoms with E-state index in [4.69, 9.17) is 4.74 Å². The number of piperazine rings is 1.